The summed E-state index contributed by atoms with van der Waals surface area (Å²) in [5.74, 6) is 0. The van der Waals surface area contributed by atoms with Crippen molar-refractivity contribution in [3.63, 3.8) is 0 Å². The molecular weight excluding hydrogens is 210 g/mol. The van der Waals surface area contributed by atoms with Crippen LogP contribution in [0.15, 0.2) is 43.0 Å². The molecule has 0 aliphatic carbocycles. The Morgan fingerprint density at radius 2 is 1.47 bits per heavy atom. The molecule has 0 spiro atoms. The van der Waals surface area contributed by atoms with Crippen molar-refractivity contribution < 1.29 is 0 Å². The zero-order valence-corrected chi connectivity index (χ0v) is 9.71. The van der Waals surface area contributed by atoms with Gasteiger partial charge in [-0.2, -0.15) is 0 Å². The van der Waals surface area contributed by atoms with Gasteiger partial charge in [-0.05, 0) is 30.5 Å². The van der Waals surface area contributed by atoms with Crippen LogP contribution in [0.5, 0.6) is 0 Å². The maximum atomic E-state index is 4.04. The van der Waals surface area contributed by atoms with Gasteiger partial charge >= 0.3 is 0 Å². The Balaban J connectivity index is 1.85. The summed E-state index contributed by atoms with van der Waals surface area (Å²) in [4.78, 5) is 10.5. The Morgan fingerprint density at radius 3 is 2.12 bits per heavy atom. The highest BCUT2D eigenvalue weighted by molar-refractivity contribution is 5.64. The van der Waals surface area contributed by atoms with Crippen LogP contribution in [0.4, 0.5) is 5.69 Å². The van der Waals surface area contributed by atoms with Crippen LogP contribution in [0.3, 0.4) is 0 Å². The van der Waals surface area contributed by atoms with Gasteiger partial charge in [0, 0.05) is 36.7 Å². The molecule has 1 aliphatic heterocycles. The average molecular weight is 225 g/mol. The van der Waals surface area contributed by atoms with Crippen LogP contribution in [-0.2, 0) is 0 Å². The van der Waals surface area contributed by atoms with E-state index in [-0.39, 0.29) is 0 Å². The maximum Gasteiger partial charge on any atom is 0.115 e. The quantitative estimate of drug-likeness (QED) is 0.787. The first-order valence-corrected chi connectivity index (χ1v) is 6.04. The smallest absolute Gasteiger partial charge is 0.115 e. The zero-order chi connectivity index (χ0) is 11.5. The lowest BCUT2D eigenvalue weighted by Gasteiger charge is -2.17. The summed E-state index contributed by atoms with van der Waals surface area (Å²) >= 11 is 0. The molecule has 0 N–H and O–H groups in total. The van der Waals surface area contributed by atoms with Crippen LogP contribution < -0.4 is 4.90 Å². The van der Waals surface area contributed by atoms with Crippen LogP contribution in [0.25, 0.3) is 11.1 Å². The molecule has 86 valence electrons. The average Bonchev–Trinajstić information content (AvgIpc) is 2.94. The maximum absolute atomic E-state index is 4.04. The van der Waals surface area contributed by atoms with Gasteiger partial charge in [0.05, 0.1) is 0 Å². The van der Waals surface area contributed by atoms with Gasteiger partial charge in [-0.25, -0.2) is 9.97 Å². The third kappa shape index (κ3) is 2.13. The van der Waals surface area contributed by atoms with Crippen LogP contribution >= 0.6 is 0 Å². The molecule has 0 amide bonds. The molecule has 1 aromatic carbocycles. The first-order valence-electron chi connectivity index (χ1n) is 6.04. The van der Waals surface area contributed by atoms with Gasteiger partial charge in [0.1, 0.15) is 6.33 Å². The fourth-order valence-corrected chi connectivity index (χ4v) is 2.29. The van der Waals surface area contributed by atoms with Gasteiger partial charge in [0.15, 0.2) is 0 Å². The Labute approximate surface area is 101 Å². The monoisotopic (exact) mass is 225 g/mol. The van der Waals surface area contributed by atoms with Gasteiger partial charge in [-0.15, -0.1) is 0 Å². The minimum atomic E-state index is 1.07. The molecule has 3 heteroatoms. The first-order chi connectivity index (χ1) is 8.43. The number of benzene rings is 1. The van der Waals surface area contributed by atoms with E-state index in [1.165, 1.54) is 37.2 Å². The third-order valence-corrected chi connectivity index (χ3v) is 3.23. The lowest BCUT2D eigenvalue weighted by molar-refractivity contribution is 0.949. The lowest BCUT2D eigenvalue weighted by atomic mass is 10.1. The van der Waals surface area contributed by atoms with Crippen molar-refractivity contribution in [1.82, 2.24) is 9.97 Å². The number of anilines is 1. The number of aromatic nitrogens is 2. The van der Waals surface area contributed by atoms with Crippen molar-refractivity contribution in [2.45, 2.75) is 12.8 Å². The van der Waals surface area contributed by atoms with E-state index in [0.29, 0.717) is 0 Å². The molecule has 1 aromatic heterocycles. The Morgan fingerprint density at radius 1 is 0.824 bits per heavy atom. The van der Waals surface area contributed by atoms with E-state index in [4.69, 9.17) is 0 Å². The van der Waals surface area contributed by atoms with E-state index in [0.717, 1.165) is 5.56 Å². The zero-order valence-electron chi connectivity index (χ0n) is 9.71. The highest BCUT2D eigenvalue weighted by atomic mass is 15.1. The predicted molar refractivity (Wildman–Crippen MR) is 68.9 cm³/mol. The summed E-state index contributed by atoms with van der Waals surface area (Å²) in [6.07, 6.45) is 7.88. The van der Waals surface area contributed by atoms with Crippen LogP contribution in [0.2, 0.25) is 0 Å². The molecule has 2 aromatic rings. The van der Waals surface area contributed by atoms with Crippen molar-refractivity contribution in [3.05, 3.63) is 43.0 Å². The molecule has 1 fully saturated rings. The molecule has 0 saturated carbocycles. The van der Waals surface area contributed by atoms with Gasteiger partial charge in [-0.1, -0.05) is 12.1 Å². The summed E-state index contributed by atoms with van der Waals surface area (Å²) < 4.78 is 0. The van der Waals surface area contributed by atoms with Crippen molar-refractivity contribution in [2.75, 3.05) is 18.0 Å². The Bertz CT molecular complexity index is 473. The summed E-state index contributed by atoms with van der Waals surface area (Å²) in [6, 6.07) is 8.67. The standard InChI is InChI=1S/C14H15N3/c1-2-8-17(7-1)14-5-3-12(4-6-14)13-9-15-11-16-10-13/h3-6,9-11H,1-2,7-8H2. The van der Waals surface area contributed by atoms with E-state index in [1.807, 2.05) is 12.4 Å². The number of rotatable bonds is 2. The summed E-state index contributed by atoms with van der Waals surface area (Å²) in [6.45, 7) is 2.38. The Kier molecular flexibility index (Phi) is 2.74. The Hall–Kier alpha value is -1.90. The number of nitrogens with zero attached hydrogens (tertiary/aromatic N) is 3. The molecule has 0 unspecified atom stereocenters. The molecule has 17 heavy (non-hydrogen) atoms. The number of hydrogen-bond acceptors (Lipinski definition) is 3. The van der Waals surface area contributed by atoms with Gasteiger partial charge in [-0.3, -0.25) is 0 Å². The normalized spacial score (nSPS) is 15.2. The summed E-state index contributed by atoms with van der Waals surface area (Å²) in [5, 5.41) is 0. The number of hydrogen-bond donors (Lipinski definition) is 0. The van der Waals surface area contributed by atoms with Crippen LogP contribution in [0, 0.1) is 0 Å². The van der Waals surface area contributed by atoms with Crippen molar-refractivity contribution in [2.24, 2.45) is 0 Å². The summed E-state index contributed by atoms with van der Waals surface area (Å²) in [7, 11) is 0. The molecule has 1 saturated heterocycles. The van der Waals surface area contributed by atoms with Crippen molar-refractivity contribution in [1.29, 1.82) is 0 Å². The van der Waals surface area contributed by atoms with Crippen LogP contribution in [-0.4, -0.2) is 23.1 Å². The van der Waals surface area contributed by atoms with Gasteiger partial charge < -0.3 is 4.90 Å². The topological polar surface area (TPSA) is 29.0 Å². The molecule has 0 atom stereocenters. The third-order valence-electron chi connectivity index (χ3n) is 3.23. The largest absolute Gasteiger partial charge is 0.372 e. The fraction of sp³-hybridized carbons (Fsp3) is 0.286. The SMILES string of the molecule is c1ncc(-c2ccc(N3CCCC3)cc2)cn1. The highest BCUT2D eigenvalue weighted by Gasteiger charge is 2.11. The van der Waals surface area contributed by atoms with Gasteiger partial charge in [0.25, 0.3) is 0 Å². The second kappa shape index (κ2) is 4.53. The lowest BCUT2D eigenvalue weighted by Crippen LogP contribution is -2.17. The molecule has 1 aliphatic rings. The molecule has 2 heterocycles. The predicted octanol–water partition coefficient (Wildman–Crippen LogP) is 2.74. The first kappa shape index (κ1) is 10.3. The second-order valence-electron chi connectivity index (χ2n) is 4.37. The highest BCUT2D eigenvalue weighted by Crippen LogP contribution is 2.24. The minimum absolute atomic E-state index is 1.07. The van der Waals surface area contributed by atoms with Crippen molar-refractivity contribution >= 4 is 5.69 Å². The molecule has 3 rings (SSSR count). The van der Waals surface area contributed by atoms with Crippen LogP contribution in [0.1, 0.15) is 12.8 Å². The van der Waals surface area contributed by atoms with E-state index >= 15 is 0 Å². The van der Waals surface area contributed by atoms with Crippen molar-refractivity contribution in [3.8, 4) is 11.1 Å². The molecule has 3 nitrogen and oxygen atoms in total. The minimum Gasteiger partial charge on any atom is -0.372 e. The molecule has 0 radical (unpaired) electrons. The molecule has 0 bridgehead atoms. The fourth-order valence-electron chi connectivity index (χ4n) is 2.29. The second-order valence-corrected chi connectivity index (χ2v) is 4.37. The van der Waals surface area contributed by atoms with E-state index in [9.17, 15) is 0 Å². The van der Waals surface area contributed by atoms with Gasteiger partial charge in [0.2, 0.25) is 0 Å². The van der Waals surface area contributed by atoms with E-state index in [2.05, 4.69) is 39.1 Å². The van der Waals surface area contributed by atoms with E-state index in [1.54, 1.807) is 6.33 Å². The summed E-state index contributed by atoms with van der Waals surface area (Å²) in [5.41, 5.74) is 3.57. The van der Waals surface area contributed by atoms with E-state index < -0.39 is 0 Å². The molecular formula is C14H15N3.